The lowest BCUT2D eigenvalue weighted by atomic mass is 10.0. The van der Waals surface area contributed by atoms with E-state index in [1.54, 1.807) is 6.08 Å². The molecule has 3 rings (SSSR count). The van der Waals surface area contributed by atoms with E-state index in [4.69, 9.17) is 5.73 Å². The molecule has 0 bridgehead atoms. The summed E-state index contributed by atoms with van der Waals surface area (Å²) < 4.78 is 0. The molecule has 4 N–H and O–H groups in total. The molecule has 0 atom stereocenters. The van der Waals surface area contributed by atoms with Crippen LogP contribution in [-0.4, -0.2) is 22.5 Å². The molecule has 0 unspecified atom stereocenters. The number of carbonyl (C=O) groups excluding carboxylic acids is 2. The number of hydrazone groups is 1. The van der Waals surface area contributed by atoms with E-state index in [0.717, 1.165) is 16.5 Å². The van der Waals surface area contributed by atoms with E-state index in [-0.39, 0.29) is 12.3 Å². The maximum atomic E-state index is 11.9. The lowest BCUT2D eigenvalue weighted by molar-refractivity contribution is -0.118. The minimum absolute atomic E-state index is 0.166. The first-order chi connectivity index (χ1) is 10.1. The van der Waals surface area contributed by atoms with E-state index in [1.807, 2.05) is 30.5 Å². The average Bonchev–Trinajstić information content (AvgIpc) is 3.03. The summed E-state index contributed by atoms with van der Waals surface area (Å²) in [6.45, 7) is 0. The number of nitrogens with two attached hydrogens (primary N) is 1. The number of nitrogens with one attached hydrogen (secondary N) is 2. The minimum atomic E-state index is -0.413. The van der Waals surface area contributed by atoms with Gasteiger partial charge in [0.15, 0.2) is 0 Å². The summed E-state index contributed by atoms with van der Waals surface area (Å²) in [6, 6.07) is 7.83. The molecule has 1 aromatic carbocycles. The second-order valence-electron chi connectivity index (χ2n) is 4.81. The van der Waals surface area contributed by atoms with Crippen LogP contribution < -0.4 is 11.2 Å². The Bertz CT molecular complexity index is 786. The van der Waals surface area contributed by atoms with Crippen molar-refractivity contribution < 1.29 is 9.59 Å². The largest absolute Gasteiger partial charge is 0.370 e. The molecule has 2 aromatic rings. The molecule has 0 spiro atoms. The molecule has 21 heavy (non-hydrogen) atoms. The van der Waals surface area contributed by atoms with Gasteiger partial charge in [0.25, 0.3) is 5.91 Å². The average molecular weight is 282 g/mol. The fourth-order valence-electron chi connectivity index (χ4n) is 2.32. The van der Waals surface area contributed by atoms with Crippen molar-refractivity contribution in [1.29, 1.82) is 0 Å². The van der Waals surface area contributed by atoms with Gasteiger partial charge in [-0.15, -0.1) is 0 Å². The Kier molecular flexibility index (Phi) is 3.27. The number of nitrogens with zero attached hydrogens (tertiary/aromatic N) is 1. The second kappa shape index (κ2) is 5.24. The first kappa shape index (κ1) is 13.1. The van der Waals surface area contributed by atoms with Crippen molar-refractivity contribution in [3.63, 3.8) is 0 Å². The van der Waals surface area contributed by atoms with Gasteiger partial charge in [-0.25, -0.2) is 5.43 Å². The Labute approximate surface area is 120 Å². The molecule has 0 saturated carbocycles. The third-order valence-electron chi connectivity index (χ3n) is 3.38. The summed E-state index contributed by atoms with van der Waals surface area (Å²) in [7, 11) is 0. The Balaban J connectivity index is 1.95. The Morgan fingerprint density at radius 1 is 1.33 bits per heavy atom. The molecule has 2 heterocycles. The van der Waals surface area contributed by atoms with Crippen molar-refractivity contribution in [2.24, 2.45) is 10.8 Å². The quantitative estimate of drug-likeness (QED) is 0.736. The lowest BCUT2D eigenvalue weighted by Crippen LogP contribution is -2.15. The van der Waals surface area contributed by atoms with Crippen LogP contribution in [0.2, 0.25) is 0 Å². The van der Waals surface area contributed by atoms with Gasteiger partial charge in [-0.3, -0.25) is 9.59 Å². The van der Waals surface area contributed by atoms with Crippen LogP contribution in [0, 0.1) is 0 Å². The number of hydrogen-bond acceptors (Lipinski definition) is 3. The van der Waals surface area contributed by atoms with Gasteiger partial charge in [0.05, 0.1) is 11.3 Å². The highest BCUT2D eigenvalue weighted by atomic mass is 16.2. The fraction of sp³-hybridized carbons (Fsp3) is 0.133. The van der Waals surface area contributed by atoms with E-state index in [2.05, 4.69) is 15.5 Å². The molecule has 106 valence electrons. The summed E-state index contributed by atoms with van der Waals surface area (Å²) >= 11 is 0. The van der Waals surface area contributed by atoms with Crippen molar-refractivity contribution in [3.05, 3.63) is 41.6 Å². The zero-order valence-electron chi connectivity index (χ0n) is 11.2. The Hall–Kier alpha value is -2.89. The summed E-state index contributed by atoms with van der Waals surface area (Å²) in [5.41, 5.74) is 10.5. The van der Waals surface area contributed by atoms with Gasteiger partial charge in [-0.05, 0) is 12.1 Å². The van der Waals surface area contributed by atoms with Crippen LogP contribution in [0.3, 0.4) is 0 Å². The maximum absolute atomic E-state index is 11.9. The third kappa shape index (κ3) is 2.55. The van der Waals surface area contributed by atoms with Gasteiger partial charge < -0.3 is 10.7 Å². The predicted octanol–water partition coefficient (Wildman–Crippen LogP) is 1.30. The van der Waals surface area contributed by atoms with Crippen LogP contribution in [0.5, 0.6) is 0 Å². The van der Waals surface area contributed by atoms with Crippen LogP contribution >= 0.6 is 0 Å². The minimum Gasteiger partial charge on any atom is -0.370 e. The molecule has 6 heteroatoms. The van der Waals surface area contributed by atoms with Crippen LogP contribution in [0.4, 0.5) is 0 Å². The Morgan fingerprint density at radius 3 is 2.95 bits per heavy atom. The summed E-state index contributed by atoms with van der Waals surface area (Å²) in [4.78, 5) is 25.9. The first-order valence-corrected chi connectivity index (χ1v) is 6.58. The van der Waals surface area contributed by atoms with Crippen LogP contribution in [0.15, 0.2) is 41.1 Å². The third-order valence-corrected chi connectivity index (χ3v) is 3.38. The SMILES string of the molecule is NC(=O)CCC1=NNC(=O)/C1=C\c1c[nH]c2ccccc12. The number of primary amides is 1. The molecule has 0 radical (unpaired) electrons. The van der Waals surface area contributed by atoms with Crippen molar-refractivity contribution in [1.82, 2.24) is 10.4 Å². The van der Waals surface area contributed by atoms with Gasteiger partial charge in [-0.2, -0.15) is 5.10 Å². The van der Waals surface area contributed by atoms with Crippen molar-refractivity contribution in [3.8, 4) is 0 Å². The molecule has 0 fully saturated rings. The van der Waals surface area contributed by atoms with E-state index in [1.165, 1.54) is 0 Å². The summed E-state index contributed by atoms with van der Waals surface area (Å²) in [6.07, 6.45) is 4.14. The zero-order chi connectivity index (χ0) is 14.8. The number of amides is 2. The van der Waals surface area contributed by atoms with E-state index < -0.39 is 5.91 Å². The van der Waals surface area contributed by atoms with Gasteiger partial charge in [-0.1, -0.05) is 18.2 Å². The van der Waals surface area contributed by atoms with Crippen molar-refractivity contribution >= 4 is 34.5 Å². The molecule has 2 amide bonds. The molecular weight excluding hydrogens is 268 g/mol. The smallest absolute Gasteiger partial charge is 0.273 e. The predicted molar refractivity (Wildman–Crippen MR) is 80.3 cm³/mol. The lowest BCUT2D eigenvalue weighted by Gasteiger charge is -1.99. The number of fused-ring (bicyclic) bond motifs is 1. The highest BCUT2D eigenvalue weighted by Crippen LogP contribution is 2.22. The standard InChI is InChI=1S/C15H14N4O2/c16-14(20)6-5-13-11(15(21)19-18-13)7-9-8-17-12-4-2-1-3-10(9)12/h1-4,7-8,17H,5-6H2,(H2,16,20)(H,19,21)/b11-7-. The second-order valence-corrected chi connectivity index (χ2v) is 4.81. The molecule has 6 nitrogen and oxygen atoms in total. The van der Waals surface area contributed by atoms with Gasteiger partial charge in [0, 0.05) is 35.5 Å². The number of aromatic amines is 1. The highest BCUT2D eigenvalue weighted by molar-refractivity contribution is 6.28. The highest BCUT2D eigenvalue weighted by Gasteiger charge is 2.23. The van der Waals surface area contributed by atoms with Crippen LogP contribution in [-0.2, 0) is 9.59 Å². The number of carbonyl (C=O) groups is 2. The van der Waals surface area contributed by atoms with Gasteiger partial charge in [0.1, 0.15) is 0 Å². The maximum Gasteiger partial charge on any atom is 0.273 e. The number of hydrogen-bond donors (Lipinski definition) is 3. The monoisotopic (exact) mass is 282 g/mol. The normalized spacial score (nSPS) is 16.3. The van der Waals surface area contributed by atoms with E-state index >= 15 is 0 Å². The van der Waals surface area contributed by atoms with Gasteiger partial charge in [0.2, 0.25) is 5.91 Å². The molecular formula is C15H14N4O2. The van der Waals surface area contributed by atoms with E-state index in [0.29, 0.717) is 17.7 Å². The van der Waals surface area contributed by atoms with Crippen molar-refractivity contribution in [2.45, 2.75) is 12.8 Å². The Morgan fingerprint density at radius 2 is 2.14 bits per heavy atom. The number of H-pyrrole nitrogens is 1. The first-order valence-electron chi connectivity index (χ1n) is 6.58. The number of aromatic nitrogens is 1. The zero-order valence-corrected chi connectivity index (χ0v) is 11.2. The van der Waals surface area contributed by atoms with Gasteiger partial charge >= 0.3 is 0 Å². The van der Waals surface area contributed by atoms with Crippen LogP contribution in [0.1, 0.15) is 18.4 Å². The molecule has 0 aliphatic carbocycles. The number of rotatable bonds is 4. The van der Waals surface area contributed by atoms with Crippen molar-refractivity contribution in [2.75, 3.05) is 0 Å². The molecule has 1 aromatic heterocycles. The molecule has 0 saturated heterocycles. The number of benzene rings is 1. The topological polar surface area (TPSA) is 100 Å². The molecule has 1 aliphatic rings. The fourth-order valence-corrected chi connectivity index (χ4v) is 2.32. The van der Waals surface area contributed by atoms with Crippen LogP contribution in [0.25, 0.3) is 17.0 Å². The molecule has 1 aliphatic heterocycles. The summed E-state index contributed by atoms with van der Waals surface area (Å²) in [5.74, 6) is -0.678. The van der Waals surface area contributed by atoms with E-state index in [9.17, 15) is 9.59 Å². The number of para-hydroxylation sites is 1. The summed E-state index contributed by atoms with van der Waals surface area (Å²) in [5, 5.41) is 4.99.